The number of imide groups is 1. The molecule has 1 heterocycles. The normalized spacial score (nSPS) is 21.9. The van der Waals surface area contributed by atoms with Crippen LogP contribution in [0.15, 0.2) is 36.4 Å². The van der Waals surface area contributed by atoms with Crippen molar-refractivity contribution in [2.45, 2.75) is 18.9 Å². The fraction of sp³-hybridized carbons (Fsp3) is 0.267. The fourth-order valence-electron chi connectivity index (χ4n) is 2.39. The summed E-state index contributed by atoms with van der Waals surface area (Å²) in [5, 5.41) is 17.9. The van der Waals surface area contributed by atoms with Crippen molar-refractivity contribution in [1.29, 1.82) is 0 Å². The molecule has 2 atom stereocenters. The Morgan fingerprint density at radius 3 is 2.43 bits per heavy atom. The summed E-state index contributed by atoms with van der Waals surface area (Å²) in [4.78, 5) is 34.4. The van der Waals surface area contributed by atoms with E-state index in [4.69, 9.17) is 10.2 Å². The molecule has 1 fully saturated rings. The van der Waals surface area contributed by atoms with Gasteiger partial charge in [-0.25, -0.2) is 14.5 Å². The van der Waals surface area contributed by atoms with Gasteiger partial charge >= 0.3 is 12.1 Å². The molecule has 6 nitrogen and oxygen atoms in total. The smallest absolute Gasteiger partial charge is 0.414 e. The molecule has 1 saturated heterocycles. The number of carbonyl (C=O) groups excluding carboxylic acids is 1. The molecule has 6 heteroatoms. The Labute approximate surface area is 121 Å². The predicted octanol–water partition coefficient (Wildman–Crippen LogP) is 2.07. The minimum atomic E-state index is -1.51. The van der Waals surface area contributed by atoms with E-state index in [1.54, 1.807) is 6.08 Å². The highest BCUT2D eigenvalue weighted by molar-refractivity contribution is 5.99. The highest BCUT2D eigenvalue weighted by Gasteiger charge is 2.46. The van der Waals surface area contributed by atoms with Gasteiger partial charge in [-0.05, 0) is 18.4 Å². The molecule has 2 N–H and O–H groups in total. The summed E-state index contributed by atoms with van der Waals surface area (Å²) in [5.74, 6) is -2.55. The number of hydrogen-bond acceptors (Lipinski definition) is 3. The van der Waals surface area contributed by atoms with Crippen LogP contribution in [-0.2, 0) is 9.59 Å². The minimum Gasteiger partial charge on any atom is -0.480 e. The maximum absolute atomic E-state index is 12.0. The first kappa shape index (κ1) is 14.8. The molecule has 1 aliphatic rings. The van der Waals surface area contributed by atoms with Gasteiger partial charge in [-0.3, -0.25) is 4.79 Å². The Morgan fingerprint density at radius 2 is 1.90 bits per heavy atom. The number of aliphatic carboxylic acids is 1. The second-order valence-corrected chi connectivity index (χ2v) is 4.83. The van der Waals surface area contributed by atoms with Crippen LogP contribution in [0.3, 0.4) is 0 Å². The first-order valence-corrected chi connectivity index (χ1v) is 6.51. The number of rotatable bonds is 4. The first-order chi connectivity index (χ1) is 10.0. The van der Waals surface area contributed by atoms with E-state index in [-0.39, 0.29) is 6.42 Å². The average molecular weight is 289 g/mol. The maximum atomic E-state index is 12.0. The van der Waals surface area contributed by atoms with Crippen molar-refractivity contribution >= 4 is 24.0 Å². The Morgan fingerprint density at radius 1 is 1.24 bits per heavy atom. The molecule has 110 valence electrons. The van der Waals surface area contributed by atoms with Gasteiger partial charge in [0.1, 0.15) is 6.04 Å². The molecule has 0 aromatic heterocycles. The van der Waals surface area contributed by atoms with Gasteiger partial charge in [0, 0.05) is 5.92 Å². The Hall–Kier alpha value is -2.63. The maximum Gasteiger partial charge on any atom is 0.414 e. The van der Waals surface area contributed by atoms with Crippen LogP contribution in [0.25, 0.3) is 6.08 Å². The highest BCUT2D eigenvalue weighted by atomic mass is 16.4. The van der Waals surface area contributed by atoms with E-state index >= 15 is 0 Å². The van der Waals surface area contributed by atoms with Crippen LogP contribution in [0.4, 0.5) is 4.79 Å². The number of nitrogens with zero attached hydrogens (tertiary/aromatic N) is 1. The summed E-state index contributed by atoms with van der Waals surface area (Å²) in [6.45, 7) is 0. The summed E-state index contributed by atoms with van der Waals surface area (Å²) >= 11 is 0. The van der Waals surface area contributed by atoms with Crippen LogP contribution in [0, 0.1) is 5.92 Å². The minimum absolute atomic E-state index is 0.0135. The molecule has 0 unspecified atom stereocenters. The quantitative estimate of drug-likeness (QED) is 0.884. The average Bonchev–Trinajstić information content (AvgIpc) is 2.78. The number of allylic oxidation sites excluding steroid dienone is 1. The van der Waals surface area contributed by atoms with Gasteiger partial charge in [0.15, 0.2) is 0 Å². The molecule has 1 aliphatic heterocycles. The van der Waals surface area contributed by atoms with Gasteiger partial charge in [-0.1, -0.05) is 42.5 Å². The Bertz CT molecular complexity index is 581. The second-order valence-electron chi connectivity index (χ2n) is 4.83. The fourth-order valence-corrected chi connectivity index (χ4v) is 2.39. The Kier molecular flexibility index (Phi) is 4.37. The van der Waals surface area contributed by atoms with Crippen molar-refractivity contribution in [1.82, 2.24) is 4.90 Å². The number of carboxylic acids is 1. The van der Waals surface area contributed by atoms with Gasteiger partial charge in [-0.2, -0.15) is 0 Å². The van der Waals surface area contributed by atoms with Crippen molar-refractivity contribution in [3.63, 3.8) is 0 Å². The van der Waals surface area contributed by atoms with Crippen molar-refractivity contribution in [3.05, 3.63) is 42.0 Å². The molecule has 0 radical (unpaired) electrons. The third kappa shape index (κ3) is 3.28. The topological polar surface area (TPSA) is 94.9 Å². The number of likely N-dealkylation sites (tertiary alicyclic amines) is 1. The van der Waals surface area contributed by atoms with E-state index in [2.05, 4.69) is 0 Å². The zero-order valence-corrected chi connectivity index (χ0v) is 11.2. The van der Waals surface area contributed by atoms with E-state index in [0.717, 1.165) is 5.56 Å². The zero-order valence-electron chi connectivity index (χ0n) is 11.2. The number of amides is 2. The lowest BCUT2D eigenvalue weighted by Gasteiger charge is -2.14. The van der Waals surface area contributed by atoms with Crippen molar-refractivity contribution < 1.29 is 24.6 Å². The largest absolute Gasteiger partial charge is 0.480 e. The SMILES string of the molecule is O=C(O)[C@@H]1C[C@@H](CC=Cc2ccccc2)C(=O)N1C(=O)O. The molecule has 0 bridgehead atoms. The van der Waals surface area contributed by atoms with Crippen LogP contribution >= 0.6 is 0 Å². The lowest BCUT2D eigenvalue weighted by molar-refractivity contribution is -0.145. The van der Waals surface area contributed by atoms with Gasteiger partial charge in [-0.15, -0.1) is 0 Å². The summed E-state index contributed by atoms with van der Waals surface area (Å²) in [6.07, 6.45) is 2.41. The third-order valence-corrected chi connectivity index (χ3v) is 3.43. The lowest BCUT2D eigenvalue weighted by Crippen LogP contribution is -2.42. The van der Waals surface area contributed by atoms with Crippen LogP contribution in [0.2, 0.25) is 0 Å². The van der Waals surface area contributed by atoms with E-state index < -0.39 is 29.9 Å². The van der Waals surface area contributed by atoms with E-state index in [9.17, 15) is 14.4 Å². The summed E-state index contributed by atoms with van der Waals surface area (Å²) < 4.78 is 0. The standard InChI is InChI=1S/C15H15NO5/c17-13-11(8-4-7-10-5-2-1-3-6-10)9-12(14(18)19)16(13)15(20)21/h1-7,11-12H,8-9H2,(H,18,19)(H,20,21)/t11-,12+/m1/s1. The second kappa shape index (κ2) is 6.21. The van der Waals surface area contributed by atoms with E-state index in [1.807, 2.05) is 36.4 Å². The predicted molar refractivity (Wildman–Crippen MR) is 74.5 cm³/mol. The number of carbonyl (C=O) groups is 3. The van der Waals surface area contributed by atoms with Gasteiger partial charge in [0.05, 0.1) is 0 Å². The van der Waals surface area contributed by atoms with Gasteiger partial charge in [0.2, 0.25) is 5.91 Å². The molecule has 0 aliphatic carbocycles. The van der Waals surface area contributed by atoms with Crippen LogP contribution in [0.1, 0.15) is 18.4 Å². The molecule has 21 heavy (non-hydrogen) atoms. The van der Waals surface area contributed by atoms with Crippen molar-refractivity contribution in [2.24, 2.45) is 5.92 Å². The zero-order chi connectivity index (χ0) is 15.4. The molecule has 2 rings (SSSR count). The molecule has 0 saturated carbocycles. The molecule has 0 spiro atoms. The number of carboxylic acid groups (broad SMARTS) is 2. The molecule has 2 amide bonds. The summed E-state index contributed by atoms with van der Waals surface area (Å²) in [7, 11) is 0. The number of benzene rings is 1. The van der Waals surface area contributed by atoms with Gasteiger partial charge in [0.25, 0.3) is 0 Å². The van der Waals surface area contributed by atoms with Crippen LogP contribution in [0.5, 0.6) is 0 Å². The molecule has 1 aromatic carbocycles. The Balaban J connectivity index is 2.04. The summed E-state index contributed by atoms with van der Waals surface area (Å²) in [5.41, 5.74) is 0.966. The molecule has 1 aromatic rings. The third-order valence-electron chi connectivity index (χ3n) is 3.43. The first-order valence-electron chi connectivity index (χ1n) is 6.51. The lowest BCUT2D eigenvalue weighted by atomic mass is 10.0. The number of hydrogen-bond donors (Lipinski definition) is 2. The van der Waals surface area contributed by atoms with Crippen LogP contribution in [-0.4, -0.2) is 39.1 Å². The van der Waals surface area contributed by atoms with Crippen molar-refractivity contribution in [2.75, 3.05) is 0 Å². The van der Waals surface area contributed by atoms with E-state index in [1.165, 1.54) is 0 Å². The van der Waals surface area contributed by atoms with Crippen molar-refractivity contribution in [3.8, 4) is 0 Å². The highest BCUT2D eigenvalue weighted by Crippen LogP contribution is 2.28. The monoisotopic (exact) mass is 289 g/mol. The summed E-state index contributed by atoms with van der Waals surface area (Å²) in [6, 6.07) is 8.16. The van der Waals surface area contributed by atoms with E-state index in [0.29, 0.717) is 11.3 Å². The molecular weight excluding hydrogens is 274 g/mol. The molecular formula is C15H15NO5. The van der Waals surface area contributed by atoms with Crippen LogP contribution < -0.4 is 0 Å². The van der Waals surface area contributed by atoms with Gasteiger partial charge < -0.3 is 10.2 Å².